The number of methoxy groups -OCH3 is 1. The number of carbonyl (C=O) groups is 1. The van der Waals surface area contributed by atoms with E-state index in [0.717, 1.165) is 20.7 Å². The molecule has 28 heavy (non-hydrogen) atoms. The number of thiophene rings is 1. The molecule has 2 aromatic rings. The third kappa shape index (κ3) is 2.70. The van der Waals surface area contributed by atoms with Crippen LogP contribution in [0, 0.1) is 5.92 Å². The Balaban J connectivity index is 0.00000171. The Kier molecular flexibility index (Phi) is 4.42. The lowest BCUT2D eigenvalue weighted by Gasteiger charge is -2.52. The zero-order chi connectivity index (χ0) is 18.2. The minimum absolute atomic E-state index is 0. The molecule has 0 unspecified atom stereocenters. The van der Waals surface area contributed by atoms with Gasteiger partial charge in [-0.05, 0) is 80.5 Å². The highest BCUT2D eigenvalue weighted by Crippen LogP contribution is 2.54. The van der Waals surface area contributed by atoms with Crippen molar-refractivity contribution < 1.29 is 9.53 Å². The molecule has 150 valence electrons. The number of nitrogens with one attached hydrogen (secondary N) is 1. The standard InChI is InChI=1S/C22H26N2O2S.ClH/c1-26-18-16(13-2-3-13)5-4-15-12-17(27-19(15)18)21(25)23-20-14-6-10-24(11-7-14)22(20)8-9-22;/h4-5,12-14,20H,2-3,6-11H2,1H3,(H,23,25);1H/t20-;/m1./s1. The number of benzene rings is 1. The maximum atomic E-state index is 13.1. The van der Waals surface area contributed by atoms with E-state index < -0.39 is 0 Å². The molecule has 4 nitrogen and oxygen atoms in total. The van der Waals surface area contributed by atoms with Gasteiger partial charge in [0, 0.05) is 5.54 Å². The second-order valence-electron chi connectivity index (χ2n) is 8.87. The van der Waals surface area contributed by atoms with Crippen LogP contribution in [-0.4, -0.2) is 42.6 Å². The van der Waals surface area contributed by atoms with E-state index in [4.69, 9.17) is 4.74 Å². The van der Waals surface area contributed by atoms with Crippen LogP contribution in [-0.2, 0) is 0 Å². The number of nitrogens with zero attached hydrogens (tertiary/aromatic N) is 1. The van der Waals surface area contributed by atoms with Gasteiger partial charge in [-0.2, -0.15) is 0 Å². The molecule has 1 spiro atoms. The Morgan fingerprint density at radius 1 is 1.21 bits per heavy atom. The fourth-order valence-electron chi connectivity index (χ4n) is 5.66. The predicted molar refractivity (Wildman–Crippen MR) is 115 cm³/mol. The van der Waals surface area contributed by atoms with E-state index >= 15 is 0 Å². The summed E-state index contributed by atoms with van der Waals surface area (Å²) in [5, 5.41) is 4.58. The van der Waals surface area contributed by atoms with Crippen molar-refractivity contribution in [3.05, 3.63) is 28.6 Å². The number of halogens is 1. The monoisotopic (exact) mass is 418 g/mol. The summed E-state index contributed by atoms with van der Waals surface area (Å²) < 4.78 is 6.89. The summed E-state index contributed by atoms with van der Waals surface area (Å²) in [6, 6.07) is 6.74. The molecular formula is C22H27ClN2O2S. The largest absolute Gasteiger partial charge is 0.495 e. The van der Waals surface area contributed by atoms with Gasteiger partial charge in [0.15, 0.2) is 0 Å². The molecule has 1 aromatic heterocycles. The number of ether oxygens (including phenoxy) is 1. The van der Waals surface area contributed by atoms with Crippen LogP contribution in [0.15, 0.2) is 18.2 Å². The van der Waals surface area contributed by atoms with E-state index in [1.165, 1.54) is 57.2 Å². The van der Waals surface area contributed by atoms with Gasteiger partial charge in [0.05, 0.1) is 22.7 Å². The van der Waals surface area contributed by atoms with Gasteiger partial charge in [0.25, 0.3) is 5.91 Å². The number of amides is 1. The summed E-state index contributed by atoms with van der Waals surface area (Å²) in [5.74, 6) is 2.40. The maximum Gasteiger partial charge on any atom is 0.261 e. The molecule has 6 heteroatoms. The lowest BCUT2D eigenvalue weighted by Crippen LogP contribution is -2.65. The number of hydrogen-bond acceptors (Lipinski definition) is 4. The molecule has 3 saturated heterocycles. The average molecular weight is 419 g/mol. The Labute approximate surface area is 176 Å². The summed E-state index contributed by atoms with van der Waals surface area (Å²) in [6.45, 7) is 2.45. The van der Waals surface area contributed by atoms with E-state index in [1.807, 2.05) is 0 Å². The van der Waals surface area contributed by atoms with Crippen molar-refractivity contribution in [3.63, 3.8) is 0 Å². The molecule has 1 atom stereocenters. The molecule has 2 saturated carbocycles. The molecule has 4 heterocycles. The van der Waals surface area contributed by atoms with Crippen LogP contribution in [0.25, 0.3) is 10.1 Å². The number of rotatable bonds is 4. The Hall–Kier alpha value is -1.30. The van der Waals surface area contributed by atoms with E-state index in [2.05, 4.69) is 28.4 Å². The Morgan fingerprint density at radius 3 is 2.61 bits per heavy atom. The molecule has 0 radical (unpaired) electrons. The normalized spacial score (nSPS) is 29.5. The fraction of sp³-hybridized carbons (Fsp3) is 0.591. The van der Waals surface area contributed by atoms with Gasteiger partial charge < -0.3 is 10.1 Å². The van der Waals surface area contributed by atoms with E-state index in [9.17, 15) is 4.79 Å². The predicted octanol–water partition coefficient (Wildman–Crippen LogP) is 4.57. The zero-order valence-corrected chi connectivity index (χ0v) is 17.8. The Bertz CT molecular complexity index is 926. The van der Waals surface area contributed by atoms with Gasteiger partial charge >= 0.3 is 0 Å². The van der Waals surface area contributed by atoms with E-state index in [0.29, 0.717) is 17.9 Å². The molecule has 1 aromatic carbocycles. The van der Waals surface area contributed by atoms with Crippen LogP contribution in [0.4, 0.5) is 0 Å². The van der Waals surface area contributed by atoms with Crippen LogP contribution in [0.5, 0.6) is 5.75 Å². The summed E-state index contributed by atoms with van der Waals surface area (Å²) in [5.41, 5.74) is 1.60. The number of hydrogen-bond donors (Lipinski definition) is 1. The highest BCUT2D eigenvalue weighted by molar-refractivity contribution is 7.21. The van der Waals surface area contributed by atoms with Crippen molar-refractivity contribution in [2.24, 2.45) is 5.92 Å². The first kappa shape index (κ1) is 18.7. The topological polar surface area (TPSA) is 41.6 Å². The molecule has 2 bridgehead atoms. The second-order valence-corrected chi connectivity index (χ2v) is 9.92. The van der Waals surface area contributed by atoms with Gasteiger partial charge in [0.2, 0.25) is 0 Å². The molecule has 5 fully saturated rings. The quantitative estimate of drug-likeness (QED) is 0.790. The van der Waals surface area contributed by atoms with Crippen LogP contribution in [0.3, 0.4) is 0 Å². The van der Waals surface area contributed by atoms with Crippen molar-refractivity contribution in [2.45, 2.75) is 56.0 Å². The molecular weight excluding hydrogens is 392 g/mol. The van der Waals surface area contributed by atoms with Gasteiger partial charge in [-0.25, -0.2) is 0 Å². The first-order valence-corrected chi connectivity index (χ1v) is 11.2. The van der Waals surface area contributed by atoms with E-state index in [1.54, 1.807) is 18.4 Å². The van der Waals surface area contributed by atoms with Crippen LogP contribution in [0.1, 0.15) is 59.7 Å². The van der Waals surface area contributed by atoms with Gasteiger partial charge in [-0.15, -0.1) is 23.7 Å². The molecule has 5 aliphatic rings. The van der Waals surface area contributed by atoms with Crippen LogP contribution >= 0.6 is 23.7 Å². The van der Waals surface area contributed by atoms with Gasteiger partial charge in [0.1, 0.15) is 5.75 Å². The van der Waals surface area contributed by atoms with Crippen molar-refractivity contribution >= 4 is 39.7 Å². The Morgan fingerprint density at radius 2 is 1.96 bits per heavy atom. The van der Waals surface area contributed by atoms with E-state index in [-0.39, 0.29) is 23.9 Å². The fourth-order valence-corrected chi connectivity index (χ4v) is 6.76. The number of piperidine rings is 3. The first-order chi connectivity index (χ1) is 13.2. The first-order valence-electron chi connectivity index (χ1n) is 10.4. The molecule has 1 N–H and O–H groups in total. The molecule has 1 amide bonds. The lowest BCUT2D eigenvalue weighted by molar-refractivity contribution is -0.00138. The summed E-state index contributed by atoms with van der Waals surface area (Å²) in [7, 11) is 1.75. The average Bonchev–Trinajstić information content (AvgIpc) is 3.62. The van der Waals surface area contributed by atoms with Crippen LogP contribution in [0.2, 0.25) is 0 Å². The third-order valence-electron chi connectivity index (χ3n) is 7.39. The molecule has 2 aliphatic carbocycles. The van der Waals surface area contributed by atoms with Crippen molar-refractivity contribution in [2.75, 3.05) is 20.2 Å². The molecule has 3 aliphatic heterocycles. The lowest BCUT2D eigenvalue weighted by atomic mass is 9.77. The zero-order valence-electron chi connectivity index (χ0n) is 16.2. The second kappa shape index (κ2) is 6.61. The van der Waals surface area contributed by atoms with Crippen molar-refractivity contribution in [1.29, 1.82) is 0 Å². The van der Waals surface area contributed by atoms with Crippen LogP contribution < -0.4 is 10.1 Å². The highest BCUT2D eigenvalue weighted by atomic mass is 35.5. The summed E-state index contributed by atoms with van der Waals surface area (Å²) in [4.78, 5) is 16.6. The highest BCUT2D eigenvalue weighted by Gasteiger charge is 2.60. The summed E-state index contributed by atoms with van der Waals surface area (Å²) >= 11 is 1.59. The minimum Gasteiger partial charge on any atom is -0.495 e. The molecule has 7 rings (SSSR count). The SMILES string of the molecule is COc1c(C2CC2)ccc2cc(C(=O)N[C@@H]3C4CCN(CC4)C34CC4)sc12.Cl. The van der Waals surface area contributed by atoms with Crippen molar-refractivity contribution in [1.82, 2.24) is 10.2 Å². The smallest absolute Gasteiger partial charge is 0.261 e. The van der Waals surface area contributed by atoms with Gasteiger partial charge in [-0.1, -0.05) is 12.1 Å². The summed E-state index contributed by atoms with van der Waals surface area (Å²) in [6.07, 6.45) is 7.47. The third-order valence-corrected chi connectivity index (χ3v) is 8.53. The van der Waals surface area contributed by atoms with Gasteiger partial charge in [-0.3, -0.25) is 9.69 Å². The minimum atomic E-state index is 0. The number of fused-ring (bicyclic) bond motifs is 3. The number of carbonyl (C=O) groups excluding carboxylic acids is 1. The van der Waals surface area contributed by atoms with Crippen molar-refractivity contribution in [3.8, 4) is 5.75 Å². The maximum absolute atomic E-state index is 13.1.